The van der Waals surface area contributed by atoms with Crippen LogP contribution in [0.4, 0.5) is 0 Å². The van der Waals surface area contributed by atoms with Crippen molar-refractivity contribution in [2.75, 3.05) is 0 Å². The Morgan fingerprint density at radius 3 is 2.33 bits per heavy atom. The highest BCUT2D eigenvalue weighted by Crippen LogP contribution is 2.37. The van der Waals surface area contributed by atoms with Crippen molar-refractivity contribution in [3.05, 3.63) is 24.3 Å². The van der Waals surface area contributed by atoms with Crippen molar-refractivity contribution in [3.63, 3.8) is 0 Å². The third-order valence-corrected chi connectivity index (χ3v) is 7.86. The zero-order chi connectivity index (χ0) is 14.4. The summed E-state index contributed by atoms with van der Waals surface area (Å²) in [5.74, 6) is -0.926. The Balaban J connectivity index is 4.21. The van der Waals surface area contributed by atoms with Crippen molar-refractivity contribution in [1.29, 1.82) is 0 Å². The maximum Gasteiger partial charge on any atom is 0.328 e. The molecule has 0 radical (unpaired) electrons. The predicted molar refractivity (Wildman–Crippen MR) is 78.3 cm³/mol. The molecule has 1 N–H and O–H groups in total. The highest BCUT2D eigenvalue weighted by Gasteiger charge is 2.38. The van der Waals surface area contributed by atoms with Crippen LogP contribution in [0.2, 0.25) is 18.1 Å². The van der Waals surface area contributed by atoms with E-state index in [9.17, 15) is 4.79 Å². The molecule has 1 unspecified atom stereocenters. The van der Waals surface area contributed by atoms with Crippen LogP contribution in [-0.4, -0.2) is 25.5 Å². The molecular weight excluding hydrogens is 244 g/mol. The Bertz CT molecular complexity index is 324. The van der Waals surface area contributed by atoms with E-state index in [1.807, 2.05) is 6.08 Å². The molecule has 1 atom stereocenters. The van der Waals surface area contributed by atoms with Crippen LogP contribution in [0.5, 0.6) is 0 Å². The van der Waals surface area contributed by atoms with Crippen molar-refractivity contribution in [2.45, 2.75) is 58.4 Å². The van der Waals surface area contributed by atoms with E-state index in [1.54, 1.807) is 6.08 Å². The van der Waals surface area contributed by atoms with Crippen LogP contribution in [0.3, 0.4) is 0 Å². The summed E-state index contributed by atoms with van der Waals surface area (Å²) in [4.78, 5) is 10.3. The second-order valence-electron chi connectivity index (χ2n) is 6.05. The molecular formula is C14H26O3Si. The quantitative estimate of drug-likeness (QED) is 0.451. The van der Waals surface area contributed by atoms with Gasteiger partial charge in [-0.3, -0.25) is 0 Å². The van der Waals surface area contributed by atoms with Gasteiger partial charge in [-0.2, -0.15) is 0 Å². The molecule has 0 aliphatic rings. The number of carboxylic acids is 1. The van der Waals surface area contributed by atoms with E-state index in [0.717, 1.165) is 12.5 Å². The monoisotopic (exact) mass is 270 g/mol. The molecule has 0 aliphatic heterocycles. The number of carbonyl (C=O) groups is 1. The third-order valence-electron chi connectivity index (χ3n) is 3.26. The SMILES string of the molecule is CC(C/C=C/C=C/C(=O)O)O[Si](C)(C)C(C)(C)C. The smallest absolute Gasteiger partial charge is 0.328 e. The number of hydrogen-bond acceptors (Lipinski definition) is 2. The van der Waals surface area contributed by atoms with Crippen LogP contribution in [0, 0.1) is 0 Å². The third kappa shape index (κ3) is 6.76. The molecule has 0 heterocycles. The molecule has 0 aromatic heterocycles. The second-order valence-corrected chi connectivity index (χ2v) is 10.8. The van der Waals surface area contributed by atoms with Crippen LogP contribution in [0.15, 0.2) is 24.3 Å². The minimum absolute atomic E-state index is 0.167. The Morgan fingerprint density at radius 1 is 1.33 bits per heavy atom. The Kier molecular flexibility index (Phi) is 6.56. The van der Waals surface area contributed by atoms with Crippen molar-refractivity contribution in [1.82, 2.24) is 0 Å². The molecule has 4 heteroatoms. The molecule has 0 aromatic carbocycles. The Labute approximate surface area is 112 Å². The summed E-state index contributed by atoms with van der Waals surface area (Å²) in [7, 11) is -1.70. The zero-order valence-electron chi connectivity index (χ0n) is 12.4. The lowest BCUT2D eigenvalue weighted by Crippen LogP contribution is -2.43. The minimum atomic E-state index is -1.70. The largest absolute Gasteiger partial charge is 0.478 e. The molecule has 0 bridgehead atoms. The normalized spacial score (nSPS) is 15.4. The van der Waals surface area contributed by atoms with E-state index in [0.29, 0.717) is 0 Å². The lowest BCUT2D eigenvalue weighted by atomic mass is 10.2. The molecule has 0 amide bonds. The van der Waals surface area contributed by atoms with Crippen LogP contribution < -0.4 is 0 Å². The van der Waals surface area contributed by atoms with Gasteiger partial charge in [0.15, 0.2) is 8.32 Å². The standard InChI is InChI=1S/C14H26O3Si/c1-12(10-8-7-9-11-13(15)16)17-18(5,6)14(2,3)4/h7-9,11-12H,10H2,1-6H3,(H,15,16)/b8-7+,11-9+. The summed E-state index contributed by atoms with van der Waals surface area (Å²) in [5.41, 5.74) is 0. The van der Waals surface area contributed by atoms with Gasteiger partial charge in [0, 0.05) is 12.2 Å². The highest BCUT2D eigenvalue weighted by atomic mass is 28.4. The fourth-order valence-electron chi connectivity index (χ4n) is 1.21. The topological polar surface area (TPSA) is 46.5 Å². The molecule has 0 saturated carbocycles. The number of aliphatic carboxylic acids is 1. The summed E-state index contributed by atoms with van der Waals surface area (Å²) in [6, 6.07) is 0. The molecule has 0 saturated heterocycles. The van der Waals surface area contributed by atoms with Gasteiger partial charge in [0.2, 0.25) is 0 Å². The van der Waals surface area contributed by atoms with Crippen LogP contribution in [-0.2, 0) is 9.22 Å². The van der Waals surface area contributed by atoms with Crippen molar-refractivity contribution >= 4 is 14.3 Å². The first-order chi connectivity index (χ1) is 8.06. The average molecular weight is 270 g/mol. The average Bonchev–Trinajstić information content (AvgIpc) is 2.13. The molecule has 3 nitrogen and oxygen atoms in total. The first kappa shape index (κ1) is 17.1. The summed E-state index contributed by atoms with van der Waals surface area (Å²) >= 11 is 0. The summed E-state index contributed by atoms with van der Waals surface area (Å²) < 4.78 is 6.18. The lowest BCUT2D eigenvalue weighted by Gasteiger charge is -2.38. The summed E-state index contributed by atoms with van der Waals surface area (Å²) in [6.07, 6.45) is 7.31. The highest BCUT2D eigenvalue weighted by molar-refractivity contribution is 6.74. The maximum absolute atomic E-state index is 10.3. The van der Waals surface area contributed by atoms with Gasteiger partial charge in [-0.25, -0.2) is 4.79 Å². The Morgan fingerprint density at radius 2 is 1.89 bits per heavy atom. The minimum Gasteiger partial charge on any atom is -0.478 e. The number of rotatable bonds is 6. The second kappa shape index (κ2) is 6.90. The molecule has 0 aliphatic carbocycles. The van der Waals surface area contributed by atoms with Crippen LogP contribution in [0.1, 0.15) is 34.1 Å². The van der Waals surface area contributed by atoms with Gasteiger partial charge in [0.25, 0.3) is 0 Å². The van der Waals surface area contributed by atoms with E-state index < -0.39 is 14.3 Å². The fourth-order valence-corrected chi connectivity index (χ4v) is 2.67. The van der Waals surface area contributed by atoms with Crippen LogP contribution >= 0.6 is 0 Å². The molecule has 0 spiro atoms. The lowest BCUT2D eigenvalue weighted by molar-refractivity contribution is -0.131. The van der Waals surface area contributed by atoms with Gasteiger partial charge >= 0.3 is 5.97 Å². The van der Waals surface area contributed by atoms with E-state index in [1.165, 1.54) is 6.08 Å². The van der Waals surface area contributed by atoms with Crippen molar-refractivity contribution in [2.24, 2.45) is 0 Å². The molecule has 104 valence electrons. The van der Waals surface area contributed by atoms with Gasteiger partial charge in [0.1, 0.15) is 0 Å². The van der Waals surface area contributed by atoms with Gasteiger partial charge in [-0.1, -0.05) is 39.0 Å². The van der Waals surface area contributed by atoms with E-state index in [4.69, 9.17) is 9.53 Å². The summed E-state index contributed by atoms with van der Waals surface area (Å²) in [5, 5.41) is 8.64. The van der Waals surface area contributed by atoms with Gasteiger partial charge in [0.05, 0.1) is 0 Å². The van der Waals surface area contributed by atoms with Gasteiger partial charge in [-0.15, -0.1) is 0 Å². The first-order valence-corrected chi connectivity index (χ1v) is 9.21. The first-order valence-electron chi connectivity index (χ1n) is 6.30. The number of carboxylic acid groups (broad SMARTS) is 1. The van der Waals surface area contributed by atoms with Crippen molar-refractivity contribution in [3.8, 4) is 0 Å². The number of hydrogen-bond donors (Lipinski definition) is 1. The van der Waals surface area contributed by atoms with Crippen LogP contribution in [0.25, 0.3) is 0 Å². The van der Waals surface area contributed by atoms with E-state index in [-0.39, 0.29) is 11.1 Å². The molecule has 0 aromatic rings. The maximum atomic E-state index is 10.3. The molecule has 0 rings (SSSR count). The van der Waals surface area contributed by atoms with Crippen molar-refractivity contribution < 1.29 is 14.3 Å². The van der Waals surface area contributed by atoms with E-state index >= 15 is 0 Å². The fraction of sp³-hybridized carbons (Fsp3) is 0.643. The molecule has 18 heavy (non-hydrogen) atoms. The van der Waals surface area contributed by atoms with Gasteiger partial charge < -0.3 is 9.53 Å². The zero-order valence-corrected chi connectivity index (χ0v) is 13.4. The number of allylic oxidation sites excluding steroid dienone is 2. The molecule has 0 fully saturated rings. The van der Waals surface area contributed by atoms with Gasteiger partial charge in [-0.05, 0) is 31.5 Å². The summed E-state index contributed by atoms with van der Waals surface area (Å²) in [6.45, 7) is 13.2. The van der Waals surface area contributed by atoms with E-state index in [2.05, 4.69) is 40.8 Å². The predicted octanol–water partition coefficient (Wildman–Crippen LogP) is 3.98. The Hall–Kier alpha value is -0.873.